The number of hydrogen-bond donors (Lipinski definition) is 1. The number of fused-ring (bicyclic) bond motifs is 12. The van der Waals surface area contributed by atoms with Crippen molar-refractivity contribution in [1.82, 2.24) is 9.88 Å². The Hall–Kier alpha value is -8.06. The summed E-state index contributed by atoms with van der Waals surface area (Å²) in [6.07, 6.45) is -0.564. The zero-order chi connectivity index (χ0) is 41.2. The number of hydrogen-bond acceptors (Lipinski definition) is 5. The minimum atomic E-state index is -0.564. The fourth-order valence-corrected chi connectivity index (χ4v) is 11.2. The third-order valence-electron chi connectivity index (χ3n) is 12.9. The van der Waals surface area contributed by atoms with Crippen molar-refractivity contribution < 1.29 is 4.42 Å². The van der Waals surface area contributed by atoms with Gasteiger partial charge in [-0.2, -0.15) is 0 Å². The molecule has 3 aromatic heterocycles. The number of thiophene rings is 1. The van der Waals surface area contributed by atoms with Crippen LogP contribution in [0.15, 0.2) is 209 Å². The van der Waals surface area contributed by atoms with Crippen molar-refractivity contribution in [3.8, 4) is 5.69 Å². The van der Waals surface area contributed by atoms with Crippen LogP contribution in [-0.4, -0.2) is 16.2 Å². The van der Waals surface area contributed by atoms with E-state index in [2.05, 4.69) is 192 Å². The zero-order valence-electron chi connectivity index (χ0n) is 33.7. The number of furan rings is 1. The topological polar surface area (TPSA) is 54.8 Å². The van der Waals surface area contributed by atoms with Crippen molar-refractivity contribution in [3.63, 3.8) is 0 Å². The molecule has 0 saturated carbocycles. The molecule has 0 radical (unpaired) electrons. The Kier molecular flexibility index (Phi) is 7.27. The first kappa shape index (κ1) is 34.6. The molecule has 0 spiro atoms. The second-order valence-corrected chi connectivity index (χ2v) is 17.7. The summed E-state index contributed by atoms with van der Waals surface area (Å²) in [7, 11) is 0. The first-order chi connectivity index (χ1) is 31.2. The number of para-hydroxylation sites is 2. The van der Waals surface area contributed by atoms with Gasteiger partial charge in [-0.1, -0.05) is 133 Å². The number of aromatic nitrogens is 1. The summed E-state index contributed by atoms with van der Waals surface area (Å²) < 4.78 is 11.6. The van der Waals surface area contributed by atoms with Crippen LogP contribution in [0.1, 0.15) is 22.9 Å². The SMILES string of the molecule is c1ccc2cc(C3=NC(c4cc(-n5c6cc7ccccc7cc6c6cc7ccccc7cc65)c5c(c4)sc4ccccc45)N=C(c4cccc5c4oc4ccccc45)N3)ccc2c1. The minimum Gasteiger partial charge on any atom is -0.455 e. The Labute approximate surface area is 364 Å². The number of benzene rings is 10. The van der Waals surface area contributed by atoms with Crippen LogP contribution in [0.5, 0.6) is 0 Å². The second kappa shape index (κ2) is 13.2. The van der Waals surface area contributed by atoms with Crippen molar-refractivity contribution >= 4 is 119 Å². The van der Waals surface area contributed by atoms with Crippen LogP contribution in [0, 0.1) is 0 Å². The van der Waals surface area contributed by atoms with Gasteiger partial charge in [0.2, 0.25) is 0 Å². The van der Waals surface area contributed by atoms with Crippen LogP contribution >= 0.6 is 11.3 Å². The molecule has 5 nitrogen and oxygen atoms in total. The lowest BCUT2D eigenvalue weighted by Crippen LogP contribution is -2.36. The summed E-state index contributed by atoms with van der Waals surface area (Å²) >= 11 is 1.83. The predicted molar refractivity (Wildman–Crippen MR) is 265 cm³/mol. The van der Waals surface area contributed by atoms with Crippen LogP contribution in [-0.2, 0) is 0 Å². The monoisotopic (exact) mass is 822 g/mol. The first-order valence-corrected chi connectivity index (χ1v) is 22.1. The smallest absolute Gasteiger partial charge is 0.169 e. The minimum absolute atomic E-state index is 0.564. The van der Waals surface area contributed by atoms with Gasteiger partial charge in [0.1, 0.15) is 22.8 Å². The van der Waals surface area contributed by atoms with Crippen molar-refractivity contribution in [2.24, 2.45) is 9.98 Å². The van der Waals surface area contributed by atoms with E-state index in [9.17, 15) is 0 Å². The average molecular weight is 823 g/mol. The molecule has 0 bridgehead atoms. The molecule has 10 aromatic carbocycles. The lowest BCUT2D eigenvalue weighted by Gasteiger charge is -2.23. The standard InChI is InChI=1S/C57H34N4OS/c1-2-13-34-26-39(25-24-33(34)12-1)55-58-56(60-57(59-55)44-21-11-20-42-41-18-7-9-22-50(41)62-54(42)44)40-31-49(53-43-19-8-10-23-51(43)63-52(53)32-40)61-47-29-37-16-5-3-14-35(37)27-45(47)46-28-36-15-4-6-17-38(36)30-48(46)61/h1-32,56H,(H,58,59,60). The summed E-state index contributed by atoms with van der Waals surface area (Å²) in [6, 6.07) is 69.9. The fourth-order valence-electron chi connectivity index (χ4n) is 9.98. The number of rotatable bonds is 4. The Morgan fingerprint density at radius 3 is 1.81 bits per heavy atom. The summed E-state index contributed by atoms with van der Waals surface area (Å²) in [5.41, 5.74) is 7.99. The maximum Gasteiger partial charge on any atom is 0.169 e. The summed E-state index contributed by atoms with van der Waals surface area (Å²) in [5, 5.41) is 18.0. The van der Waals surface area contributed by atoms with Crippen LogP contribution < -0.4 is 5.32 Å². The number of nitrogens with zero attached hydrogens (tertiary/aromatic N) is 3. The van der Waals surface area contributed by atoms with E-state index in [1.807, 2.05) is 23.5 Å². The van der Waals surface area contributed by atoms with Crippen molar-refractivity contribution in [1.29, 1.82) is 0 Å². The van der Waals surface area contributed by atoms with E-state index < -0.39 is 6.17 Å². The molecule has 1 N–H and O–H groups in total. The molecular weight excluding hydrogens is 789 g/mol. The molecular formula is C57H34N4OS. The highest BCUT2D eigenvalue weighted by molar-refractivity contribution is 7.25. The molecule has 0 saturated heterocycles. The predicted octanol–water partition coefficient (Wildman–Crippen LogP) is 15.0. The van der Waals surface area contributed by atoms with E-state index >= 15 is 0 Å². The van der Waals surface area contributed by atoms with E-state index in [1.54, 1.807) is 0 Å². The van der Waals surface area contributed by atoms with E-state index in [0.717, 1.165) is 61.4 Å². The van der Waals surface area contributed by atoms with Crippen molar-refractivity contribution in [3.05, 3.63) is 211 Å². The van der Waals surface area contributed by atoms with E-state index in [1.165, 1.54) is 68.9 Å². The first-order valence-electron chi connectivity index (χ1n) is 21.3. The number of amidine groups is 2. The molecule has 13 aromatic rings. The average Bonchev–Trinajstić information content (AvgIpc) is 4.01. The quantitative estimate of drug-likeness (QED) is 0.192. The molecule has 14 rings (SSSR count). The number of aliphatic imine (C=N–C) groups is 2. The van der Waals surface area contributed by atoms with Gasteiger partial charge in [-0.25, -0.2) is 9.98 Å². The normalized spacial score (nSPS) is 14.5. The highest BCUT2D eigenvalue weighted by Gasteiger charge is 2.27. The molecule has 63 heavy (non-hydrogen) atoms. The van der Waals surface area contributed by atoms with Gasteiger partial charge in [-0.15, -0.1) is 11.3 Å². The maximum atomic E-state index is 6.62. The lowest BCUT2D eigenvalue weighted by molar-refractivity contribution is 0.667. The summed E-state index contributed by atoms with van der Waals surface area (Å²) in [4.78, 5) is 11.0. The molecule has 0 amide bonds. The van der Waals surface area contributed by atoms with Gasteiger partial charge in [0.25, 0.3) is 0 Å². The lowest BCUT2D eigenvalue weighted by atomic mass is 10.0. The van der Waals surface area contributed by atoms with Crippen molar-refractivity contribution in [2.45, 2.75) is 6.17 Å². The molecule has 1 aliphatic rings. The molecule has 4 heterocycles. The van der Waals surface area contributed by atoms with Crippen molar-refractivity contribution in [2.75, 3.05) is 0 Å². The third kappa shape index (κ3) is 5.28. The number of nitrogens with one attached hydrogen (secondary N) is 1. The van der Waals surface area contributed by atoms with Gasteiger partial charge in [-0.05, 0) is 93.0 Å². The van der Waals surface area contributed by atoms with Gasteiger partial charge in [0.05, 0.1) is 22.3 Å². The molecule has 6 heteroatoms. The van der Waals surface area contributed by atoms with Gasteiger partial charge >= 0.3 is 0 Å². The van der Waals surface area contributed by atoms with Gasteiger partial charge in [-0.3, -0.25) is 0 Å². The fraction of sp³-hybridized carbons (Fsp3) is 0.0175. The van der Waals surface area contributed by atoms with E-state index in [4.69, 9.17) is 14.4 Å². The zero-order valence-corrected chi connectivity index (χ0v) is 34.5. The van der Waals surface area contributed by atoms with Crippen LogP contribution in [0.3, 0.4) is 0 Å². The molecule has 1 aliphatic heterocycles. The molecule has 1 unspecified atom stereocenters. The van der Waals surface area contributed by atoms with Gasteiger partial charge in [0.15, 0.2) is 6.17 Å². The Bertz CT molecular complexity index is 4050. The van der Waals surface area contributed by atoms with E-state index in [0.29, 0.717) is 0 Å². The van der Waals surface area contributed by atoms with Crippen LogP contribution in [0.25, 0.3) is 102 Å². The second-order valence-electron chi connectivity index (χ2n) is 16.6. The molecule has 0 aliphatic carbocycles. The highest BCUT2D eigenvalue weighted by atomic mass is 32.1. The Morgan fingerprint density at radius 2 is 1.06 bits per heavy atom. The van der Waals surface area contributed by atoms with Gasteiger partial charge in [0, 0.05) is 52.8 Å². The molecule has 294 valence electrons. The highest BCUT2D eigenvalue weighted by Crippen LogP contribution is 2.45. The molecule has 0 fully saturated rings. The molecule has 1 atom stereocenters. The summed E-state index contributed by atoms with van der Waals surface area (Å²) in [5.74, 6) is 1.48. The largest absolute Gasteiger partial charge is 0.455 e. The summed E-state index contributed by atoms with van der Waals surface area (Å²) in [6.45, 7) is 0. The van der Waals surface area contributed by atoms with Crippen LogP contribution in [0.4, 0.5) is 0 Å². The Balaban J connectivity index is 1.07. The van der Waals surface area contributed by atoms with Gasteiger partial charge < -0.3 is 14.3 Å². The third-order valence-corrected chi connectivity index (χ3v) is 14.1. The Morgan fingerprint density at radius 1 is 0.460 bits per heavy atom. The maximum absolute atomic E-state index is 6.62. The van der Waals surface area contributed by atoms with Crippen LogP contribution in [0.2, 0.25) is 0 Å². The van der Waals surface area contributed by atoms with E-state index in [-0.39, 0.29) is 0 Å².